The third kappa shape index (κ3) is 3.87. The van der Waals surface area contributed by atoms with Crippen LogP contribution in [0, 0.1) is 11.8 Å². The first-order chi connectivity index (χ1) is 9.81. The van der Waals surface area contributed by atoms with Gasteiger partial charge in [0, 0.05) is 19.6 Å². The van der Waals surface area contributed by atoms with E-state index in [1.807, 2.05) is 25.7 Å². The average molecular weight is 298 g/mol. The largest absolute Gasteiger partial charge is 0.469 e. The first kappa shape index (κ1) is 16.1. The molecule has 0 bridgehead atoms. The molecule has 2 rings (SSSR count). The normalized spacial score (nSPS) is 29.5. The summed E-state index contributed by atoms with van der Waals surface area (Å²) in [4.78, 5) is 25.6. The van der Waals surface area contributed by atoms with Crippen molar-refractivity contribution in [2.75, 3.05) is 26.7 Å². The highest BCUT2D eigenvalue weighted by Crippen LogP contribution is 2.39. The fourth-order valence-electron chi connectivity index (χ4n) is 3.03. The van der Waals surface area contributed by atoms with Gasteiger partial charge >= 0.3 is 12.1 Å². The van der Waals surface area contributed by atoms with E-state index in [2.05, 4.69) is 5.32 Å². The Labute approximate surface area is 126 Å². The van der Waals surface area contributed by atoms with E-state index < -0.39 is 5.60 Å². The number of rotatable bonds is 2. The number of nitrogens with zero attached hydrogens (tertiary/aromatic N) is 1. The summed E-state index contributed by atoms with van der Waals surface area (Å²) in [6.07, 6.45) is 1.33. The predicted octanol–water partition coefficient (Wildman–Crippen LogP) is 1.39. The molecule has 0 spiro atoms. The molecule has 0 aromatic heterocycles. The van der Waals surface area contributed by atoms with E-state index in [9.17, 15) is 9.59 Å². The zero-order chi connectivity index (χ0) is 15.6. The van der Waals surface area contributed by atoms with Gasteiger partial charge in [0.25, 0.3) is 0 Å². The van der Waals surface area contributed by atoms with Crippen LogP contribution < -0.4 is 5.32 Å². The number of hydrogen-bond acceptors (Lipinski definition) is 5. The fraction of sp³-hybridized carbons (Fsp3) is 0.867. The van der Waals surface area contributed by atoms with Crippen LogP contribution in [0.3, 0.4) is 0 Å². The Balaban J connectivity index is 1.94. The van der Waals surface area contributed by atoms with Crippen LogP contribution in [0.25, 0.3) is 0 Å². The van der Waals surface area contributed by atoms with Gasteiger partial charge in [-0.3, -0.25) is 4.79 Å². The molecule has 1 unspecified atom stereocenters. The first-order valence-electron chi connectivity index (χ1n) is 7.60. The Morgan fingerprint density at radius 3 is 2.48 bits per heavy atom. The molecule has 2 fully saturated rings. The number of methoxy groups -OCH3 is 1. The Hall–Kier alpha value is -1.30. The van der Waals surface area contributed by atoms with Gasteiger partial charge in [-0.05, 0) is 39.5 Å². The molecule has 1 aliphatic heterocycles. The second-order valence-corrected chi connectivity index (χ2v) is 6.90. The second kappa shape index (κ2) is 6.22. The van der Waals surface area contributed by atoms with Crippen LogP contribution in [0.4, 0.5) is 4.79 Å². The zero-order valence-corrected chi connectivity index (χ0v) is 13.3. The maximum absolute atomic E-state index is 12.3. The molecule has 1 saturated carbocycles. The summed E-state index contributed by atoms with van der Waals surface area (Å²) in [5, 5.41) is 3.32. The molecule has 0 aromatic rings. The molecule has 0 aromatic carbocycles. The van der Waals surface area contributed by atoms with Gasteiger partial charge < -0.3 is 19.7 Å². The van der Waals surface area contributed by atoms with Gasteiger partial charge in [0.15, 0.2) is 0 Å². The third-order valence-corrected chi connectivity index (χ3v) is 4.16. The van der Waals surface area contributed by atoms with Gasteiger partial charge in [0.1, 0.15) is 5.60 Å². The van der Waals surface area contributed by atoms with Crippen molar-refractivity contribution in [1.29, 1.82) is 0 Å². The molecule has 120 valence electrons. The molecular weight excluding hydrogens is 272 g/mol. The van der Waals surface area contributed by atoms with Crippen LogP contribution in [0.5, 0.6) is 0 Å². The topological polar surface area (TPSA) is 67.9 Å². The van der Waals surface area contributed by atoms with Crippen LogP contribution >= 0.6 is 0 Å². The van der Waals surface area contributed by atoms with Gasteiger partial charge in [-0.25, -0.2) is 4.79 Å². The number of amides is 1. The van der Waals surface area contributed by atoms with Crippen molar-refractivity contribution >= 4 is 12.1 Å². The average Bonchev–Trinajstić information content (AvgIpc) is 2.35. The standard InChI is InChI=1S/C15H26N2O4/c1-15(2,3)21-14(19)17-6-5-16-9-12(17)10-7-11(8-10)13(18)20-4/h10-12,16H,5-9H2,1-4H3. The number of carbonyl (C=O) groups excluding carboxylic acids is 2. The molecular formula is C15H26N2O4. The van der Waals surface area contributed by atoms with Crippen molar-refractivity contribution in [1.82, 2.24) is 10.2 Å². The summed E-state index contributed by atoms with van der Waals surface area (Å²) in [5.74, 6) is 0.190. The fourth-order valence-corrected chi connectivity index (χ4v) is 3.03. The van der Waals surface area contributed by atoms with Crippen molar-refractivity contribution in [3.05, 3.63) is 0 Å². The quantitative estimate of drug-likeness (QED) is 0.780. The van der Waals surface area contributed by atoms with E-state index in [4.69, 9.17) is 9.47 Å². The highest BCUT2D eigenvalue weighted by Gasteiger charge is 2.44. The highest BCUT2D eigenvalue weighted by molar-refractivity contribution is 5.73. The van der Waals surface area contributed by atoms with Crippen LogP contribution in [-0.2, 0) is 14.3 Å². The minimum absolute atomic E-state index is 0.0117. The molecule has 6 heteroatoms. The van der Waals surface area contributed by atoms with Crippen LogP contribution in [0.15, 0.2) is 0 Å². The number of piperazine rings is 1. The number of carbonyl (C=O) groups is 2. The van der Waals surface area contributed by atoms with E-state index in [1.54, 1.807) is 0 Å². The van der Waals surface area contributed by atoms with Gasteiger partial charge in [0.2, 0.25) is 0 Å². The lowest BCUT2D eigenvalue weighted by atomic mass is 9.70. The number of ether oxygens (including phenoxy) is 2. The van der Waals surface area contributed by atoms with Crippen LogP contribution in [0.2, 0.25) is 0 Å². The van der Waals surface area contributed by atoms with Crippen molar-refractivity contribution in [3.63, 3.8) is 0 Å². The van der Waals surface area contributed by atoms with E-state index >= 15 is 0 Å². The molecule has 1 atom stereocenters. The number of nitrogens with one attached hydrogen (secondary N) is 1. The molecule has 21 heavy (non-hydrogen) atoms. The minimum Gasteiger partial charge on any atom is -0.469 e. The molecule has 1 aliphatic carbocycles. The SMILES string of the molecule is COC(=O)C1CC(C2CNCCN2C(=O)OC(C)(C)C)C1. The van der Waals surface area contributed by atoms with Crippen molar-refractivity contribution in [2.45, 2.75) is 45.3 Å². The summed E-state index contributed by atoms with van der Waals surface area (Å²) in [6.45, 7) is 7.82. The summed E-state index contributed by atoms with van der Waals surface area (Å²) >= 11 is 0. The Kier molecular flexibility index (Phi) is 4.76. The molecule has 1 N–H and O–H groups in total. The summed E-state index contributed by atoms with van der Waals surface area (Å²) < 4.78 is 10.3. The van der Waals surface area contributed by atoms with Crippen molar-refractivity contribution in [2.24, 2.45) is 11.8 Å². The lowest BCUT2D eigenvalue weighted by Gasteiger charge is -2.46. The lowest BCUT2D eigenvalue weighted by molar-refractivity contribution is -0.151. The Morgan fingerprint density at radius 2 is 1.90 bits per heavy atom. The maximum atomic E-state index is 12.3. The minimum atomic E-state index is -0.485. The van der Waals surface area contributed by atoms with E-state index in [0.717, 1.165) is 25.9 Å². The number of esters is 1. The molecule has 6 nitrogen and oxygen atoms in total. The van der Waals surface area contributed by atoms with Gasteiger partial charge in [0.05, 0.1) is 19.1 Å². The lowest BCUT2D eigenvalue weighted by Crippen LogP contribution is -2.59. The van der Waals surface area contributed by atoms with Gasteiger partial charge in [-0.1, -0.05) is 0 Å². The number of hydrogen-bond donors (Lipinski definition) is 1. The molecule has 0 radical (unpaired) electrons. The molecule has 2 aliphatic rings. The summed E-state index contributed by atoms with van der Waals surface area (Å²) in [7, 11) is 1.42. The van der Waals surface area contributed by atoms with E-state index in [0.29, 0.717) is 12.5 Å². The van der Waals surface area contributed by atoms with Crippen LogP contribution in [-0.4, -0.2) is 55.3 Å². The highest BCUT2D eigenvalue weighted by atomic mass is 16.6. The first-order valence-corrected chi connectivity index (χ1v) is 7.60. The second-order valence-electron chi connectivity index (χ2n) is 6.90. The Bertz CT molecular complexity index is 399. The van der Waals surface area contributed by atoms with E-state index in [1.165, 1.54) is 7.11 Å². The predicted molar refractivity (Wildman–Crippen MR) is 77.8 cm³/mol. The van der Waals surface area contributed by atoms with E-state index in [-0.39, 0.29) is 24.0 Å². The van der Waals surface area contributed by atoms with Crippen molar-refractivity contribution < 1.29 is 19.1 Å². The zero-order valence-electron chi connectivity index (χ0n) is 13.3. The monoisotopic (exact) mass is 298 g/mol. The molecule has 1 heterocycles. The summed E-state index contributed by atoms with van der Waals surface area (Å²) in [6, 6.07) is 0.106. The van der Waals surface area contributed by atoms with Gasteiger partial charge in [-0.15, -0.1) is 0 Å². The smallest absolute Gasteiger partial charge is 0.410 e. The summed E-state index contributed by atoms with van der Waals surface area (Å²) in [5.41, 5.74) is -0.485. The Morgan fingerprint density at radius 1 is 1.24 bits per heavy atom. The van der Waals surface area contributed by atoms with Crippen molar-refractivity contribution in [3.8, 4) is 0 Å². The molecule has 1 amide bonds. The maximum Gasteiger partial charge on any atom is 0.410 e. The third-order valence-electron chi connectivity index (χ3n) is 4.16. The van der Waals surface area contributed by atoms with Gasteiger partial charge in [-0.2, -0.15) is 0 Å². The molecule has 1 saturated heterocycles. The van der Waals surface area contributed by atoms with Crippen LogP contribution in [0.1, 0.15) is 33.6 Å².